The molecule has 0 unspecified atom stereocenters. The first kappa shape index (κ1) is 40.9. The largest absolute Gasteiger partial charge is 2.00 e. The van der Waals surface area contributed by atoms with Crippen LogP contribution >= 0.6 is 0 Å². The fourth-order valence-electron chi connectivity index (χ4n) is 0. The monoisotopic (exact) mass is 386 g/mol. The van der Waals surface area contributed by atoms with Gasteiger partial charge < -0.3 is 11.4 Å². The molecule has 6 heavy (non-hydrogen) atoms. The molecule has 0 atom stereocenters. The molecule has 0 aromatic rings. The summed E-state index contributed by atoms with van der Waals surface area (Å²) in [6, 6.07) is 0. The average molecular weight is 385 g/mol. The maximum Gasteiger partial charge on any atom is 2.00 e. The van der Waals surface area contributed by atoms with Gasteiger partial charge in [0.2, 0.25) is 0 Å². The van der Waals surface area contributed by atoms with Crippen molar-refractivity contribution < 1.29 is 28.5 Å². The first-order valence-electron chi connectivity index (χ1n) is 0. The Bertz CT molecular complexity index is 29.3. The van der Waals surface area contributed by atoms with Crippen LogP contribution in [0.25, 0.3) is 0 Å². The van der Waals surface area contributed by atoms with E-state index in [1.54, 1.807) is 0 Å². The minimum atomic E-state index is 0. The van der Waals surface area contributed by atoms with Crippen LogP contribution in [0.5, 0.6) is 0 Å². The molecule has 0 rings (SSSR count). The van der Waals surface area contributed by atoms with Crippen molar-refractivity contribution in [2.75, 3.05) is 0 Å². The van der Waals surface area contributed by atoms with E-state index < -0.39 is 0 Å². The van der Waals surface area contributed by atoms with E-state index in [9.17, 15) is 0 Å². The van der Waals surface area contributed by atoms with Gasteiger partial charge in [0.15, 0.2) is 0 Å². The molecular formula is H12BaCaFeMgSiSr. The van der Waals surface area contributed by atoms with E-state index in [2.05, 4.69) is 0 Å². The summed E-state index contributed by atoms with van der Waals surface area (Å²) in [5.41, 5.74) is 0. The van der Waals surface area contributed by atoms with Crippen molar-refractivity contribution in [3.8, 4) is 0 Å². The van der Waals surface area contributed by atoms with Crippen LogP contribution in [-0.4, -0.2) is 166 Å². The van der Waals surface area contributed by atoms with Crippen LogP contribution in [0.15, 0.2) is 0 Å². The maximum absolute atomic E-state index is 0. The molecule has 0 aliphatic rings. The van der Waals surface area contributed by atoms with Gasteiger partial charge in [0.1, 0.15) is 0 Å². The molecule has 0 nitrogen and oxygen atoms in total. The molecule has 0 N–H and O–H groups in total. The standard InChI is InChI=1S/Ba.Ca.Fe.Mg.H4Si.Sr.8H/h;;;;1H4;;;;;;;;;/q2*+2;;+2;;+2;8*-1. The SMILES string of the molecule is [Ba+2].[Ca+2].[Fe].[H-].[H-].[H-].[H-].[H-].[H-].[H-].[H-].[Mg+2].[SiH4].[Sr+2]. The van der Waals surface area contributed by atoms with Crippen LogP contribution in [0.2, 0.25) is 0 Å². The van der Waals surface area contributed by atoms with Crippen LogP contribution in [0, 0.1) is 0 Å². The van der Waals surface area contributed by atoms with E-state index >= 15 is 0 Å². The summed E-state index contributed by atoms with van der Waals surface area (Å²) < 4.78 is 0. The summed E-state index contributed by atoms with van der Waals surface area (Å²) in [5.74, 6) is 0. The number of hydrogen-bond acceptors (Lipinski definition) is 0. The molecule has 6 heteroatoms. The van der Waals surface area contributed by atoms with E-state index in [1.165, 1.54) is 0 Å². The molecule has 0 aliphatic heterocycles. The van der Waals surface area contributed by atoms with Crippen LogP contribution < -0.4 is 0 Å². The normalized spacial score (nSPS) is 0. The summed E-state index contributed by atoms with van der Waals surface area (Å²) in [6.45, 7) is 0. The average Bonchev–Trinajstić information content (AvgIpc) is 0. The number of hydrogen-bond donors (Lipinski definition) is 0. The van der Waals surface area contributed by atoms with Gasteiger partial charge >= 0.3 is 155 Å². The van der Waals surface area contributed by atoms with E-state index in [4.69, 9.17) is 0 Å². The summed E-state index contributed by atoms with van der Waals surface area (Å²) in [4.78, 5) is 0. The zero-order chi connectivity index (χ0) is 0. The fourth-order valence-corrected chi connectivity index (χ4v) is 0. The van der Waals surface area contributed by atoms with Gasteiger partial charge in [-0.1, -0.05) is 0 Å². The van der Waals surface area contributed by atoms with E-state index in [0.29, 0.717) is 0 Å². The Hall–Kier alpha value is 5.81. The molecule has 0 spiro atoms. The topological polar surface area (TPSA) is 0 Å². The third-order valence-electron chi connectivity index (χ3n) is 0. The van der Waals surface area contributed by atoms with Gasteiger partial charge in [0.25, 0.3) is 0 Å². The van der Waals surface area contributed by atoms with Crippen LogP contribution in [0.1, 0.15) is 11.4 Å². The van der Waals surface area contributed by atoms with Gasteiger partial charge in [-0.05, 0) is 11.0 Å². The van der Waals surface area contributed by atoms with Gasteiger partial charge in [-0.15, -0.1) is 0 Å². The second-order valence-electron chi connectivity index (χ2n) is 0. The molecule has 0 radical (unpaired) electrons. The van der Waals surface area contributed by atoms with Crippen LogP contribution in [0.3, 0.4) is 0 Å². The third kappa shape index (κ3) is 22.6. The Morgan fingerprint density at radius 3 is 1.17 bits per heavy atom. The minimum absolute atomic E-state index is 0. The van der Waals surface area contributed by atoms with E-state index in [1.807, 2.05) is 0 Å². The van der Waals surface area contributed by atoms with Gasteiger partial charge in [0, 0.05) is 17.1 Å². The molecule has 0 aliphatic carbocycles. The second kappa shape index (κ2) is 30.8. The Kier molecular flexibility index (Phi) is 210. The first-order chi connectivity index (χ1) is 0. The smallest absolute Gasteiger partial charge is 1.00 e. The Labute approximate surface area is 189 Å². The van der Waals surface area contributed by atoms with Crippen molar-refractivity contribution in [1.82, 2.24) is 0 Å². The second-order valence-corrected chi connectivity index (χ2v) is 0. The van der Waals surface area contributed by atoms with E-state index in [0.717, 1.165) is 0 Å². The molecule has 0 aromatic carbocycles. The Morgan fingerprint density at radius 1 is 1.17 bits per heavy atom. The van der Waals surface area contributed by atoms with Gasteiger partial charge in [-0.25, -0.2) is 0 Å². The Balaban J connectivity index is 0. The predicted octanol–water partition coefficient (Wildman–Crippen LogP) is -2.08. The molecule has 0 amide bonds. The van der Waals surface area contributed by atoms with Crippen LogP contribution in [-0.2, 0) is 17.1 Å². The van der Waals surface area contributed by atoms with Gasteiger partial charge in [-0.2, -0.15) is 0 Å². The molecule has 32 valence electrons. The molecule has 0 aromatic heterocycles. The maximum atomic E-state index is 0. The van der Waals surface area contributed by atoms with Crippen molar-refractivity contribution in [3.05, 3.63) is 0 Å². The molecule has 0 bridgehead atoms. The summed E-state index contributed by atoms with van der Waals surface area (Å²) in [6.07, 6.45) is 0. The zero-order valence-electron chi connectivity index (χ0n) is 11.2. The van der Waals surface area contributed by atoms with Crippen molar-refractivity contribution in [2.45, 2.75) is 0 Å². The number of rotatable bonds is 0. The predicted molar refractivity (Wildman–Crippen MR) is 43.2 cm³/mol. The summed E-state index contributed by atoms with van der Waals surface area (Å²) >= 11 is 0. The molecule has 0 fully saturated rings. The fraction of sp³-hybridized carbons (Fsp3) is 0. The van der Waals surface area contributed by atoms with E-state index in [-0.39, 0.29) is 195 Å². The molecule has 0 saturated heterocycles. The summed E-state index contributed by atoms with van der Waals surface area (Å²) in [7, 11) is 0. The Morgan fingerprint density at radius 2 is 1.17 bits per heavy atom. The van der Waals surface area contributed by atoms with Crippen LogP contribution in [0.4, 0.5) is 0 Å². The van der Waals surface area contributed by atoms with Crippen molar-refractivity contribution in [3.63, 3.8) is 0 Å². The molecule has 0 saturated carbocycles. The third-order valence-corrected chi connectivity index (χ3v) is 0. The minimum Gasteiger partial charge on any atom is -1.00 e. The zero-order valence-corrected chi connectivity index (χ0v) is 15.8. The quantitative estimate of drug-likeness (QED) is 0.420. The van der Waals surface area contributed by atoms with Crippen molar-refractivity contribution in [2.24, 2.45) is 0 Å². The molecule has 0 heterocycles. The van der Waals surface area contributed by atoms with Crippen molar-refractivity contribution in [1.29, 1.82) is 0 Å². The summed E-state index contributed by atoms with van der Waals surface area (Å²) in [5, 5.41) is 0. The molecular weight excluding hydrogens is 373 g/mol. The van der Waals surface area contributed by atoms with Crippen molar-refractivity contribution >= 4 is 166 Å². The van der Waals surface area contributed by atoms with Gasteiger partial charge in [-0.3, -0.25) is 0 Å². The van der Waals surface area contributed by atoms with Gasteiger partial charge in [0.05, 0.1) is 0 Å². The first-order valence-corrected chi connectivity index (χ1v) is 0.